The minimum absolute atomic E-state index is 0.0136. The van der Waals surface area contributed by atoms with Crippen molar-refractivity contribution in [2.75, 3.05) is 26.7 Å². The molecular formula is C25H39N5O3. The molecule has 0 spiro atoms. The van der Waals surface area contributed by atoms with Gasteiger partial charge in [0.25, 0.3) is 0 Å². The average molecular weight is 458 g/mol. The topological polar surface area (TPSA) is 76.2 Å². The van der Waals surface area contributed by atoms with E-state index in [-0.39, 0.29) is 30.3 Å². The normalized spacial score (nSPS) is 22.4. The van der Waals surface area contributed by atoms with Gasteiger partial charge in [0.2, 0.25) is 11.8 Å². The van der Waals surface area contributed by atoms with Crippen molar-refractivity contribution in [1.82, 2.24) is 25.1 Å². The molecule has 4 amide bonds. The first-order chi connectivity index (χ1) is 15.9. The molecule has 2 heterocycles. The van der Waals surface area contributed by atoms with Crippen LogP contribution in [0.15, 0.2) is 30.3 Å². The highest BCUT2D eigenvalue weighted by atomic mass is 16.2. The van der Waals surface area contributed by atoms with Crippen LogP contribution in [0.4, 0.5) is 4.79 Å². The van der Waals surface area contributed by atoms with Crippen LogP contribution in [-0.4, -0.2) is 76.6 Å². The van der Waals surface area contributed by atoms with E-state index < -0.39 is 12.2 Å². The molecule has 2 aliphatic rings. The first-order valence-electron chi connectivity index (χ1n) is 12.3. The van der Waals surface area contributed by atoms with Crippen LogP contribution in [0, 0.1) is 5.92 Å². The summed E-state index contributed by atoms with van der Waals surface area (Å²) in [6.45, 7) is 7.70. The smallest absolute Gasteiger partial charge is 0.334 e. The van der Waals surface area contributed by atoms with Crippen molar-refractivity contribution >= 4 is 17.8 Å². The first-order valence-corrected chi connectivity index (χ1v) is 12.3. The third kappa shape index (κ3) is 5.66. The molecule has 8 heteroatoms. The van der Waals surface area contributed by atoms with Gasteiger partial charge < -0.3 is 15.1 Å². The number of piperazine rings is 1. The molecule has 2 fully saturated rings. The SMILES string of the molecule is CCCCCCN1C[C@H]2N(C(=O)CN(C)N2C(=O)NCc2ccccc2)[C@@H](C(C)CC)C1=O. The second-order valence-electron chi connectivity index (χ2n) is 9.26. The van der Waals surface area contributed by atoms with E-state index in [2.05, 4.69) is 12.2 Å². The predicted octanol–water partition coefficient (Wildman–Crippen LogP) is 3.05. The van der Waals surface area contributed by atoms with Gasteiger partial charge in [-0.2, -0.15) is 0 Å². The van der Waals surface area contributed by atoms with E-state index in [1.54, 1.807) is 22.0 Å². The highest BCUT2D eigenvalue weighted by Gasteiger charge is 2.51. The number of amides is 4. The lowest BCUT2D eigenvalue weighted by Gasteiger charge is -2.55. The Morgan fingerprint density at radius 3 is 2.52 bits per heavy atom. The van der Waals surface area contributed by atoms with Crippen LogP contribution in [0.1, 0.15) is 58.4 Å². The molecule has 0 aromatic heterocycles. The predicted molar refractivity (Wildman–Crippen MR) is 128 cm³/mol. The van der Waals surface area contributed by atoms with Crippen LogP contribution in [-0.2, 0) is 16.1 Å². The lowest BCUT2D eigenvalue weighted by atomic mass is 9.92. The van der Waals surface area contributed by atoms with Gasteiger partial charge in [0, 0.05) is 20.1 Å². The summed E-state index contributed by atoms with van der Waals surface area (Å²) in [6, 6.07) is 8.95. The van der Waals surface area contributed by atoms with Gasteiger partial charge in [0.15, 0.2) is 0 Å². The number of carbonyl (C=O) groups excluding carboxylic acids is 3. The Labute approximate surface area is 197 Å². The van der Waals surface area contributed by atoms with E-state index in [1.165, 1.54) is 0 Å². The maximum Gasteiger partial charge on any atom is 0.334 e. The molecule has 182 valence electrons. The van der Waals surface area contributed by atoms with E-state index in [0.29, 0.717) is 19.6 Å². The lowest BCUT2D eigenvalue weighted by molar-refractivity contribution is -0.190. The van der Waals surface area contributed by atoms with E-state index >= 15 is 0 Å². The van der Waals surface area contributed by atoms with Gasteiger partial charge in [-0.1, -0.05) is 76.8 Å². The van der Waals surface area contributed by atoms with Crippen molar-refractivity contribution in [3.05, 3.63) is 35.9 Å². The van der Waals surface area contributed by atoms with Gasteiger partial charge in [0.1, 0.15) is 12.2 Å². The molecule has 0 radical (unpaired) electrons. The third-order valence-electron chi connectivity index (χ3n) is 6.83. The summed E-state index contributed by atoms with van der Waals surface area (Å²) in [5.74, 6) is -0.0708. The molecular weight excluding hydrogens is 418 g/mol. The van der Waals surface area contributed by atoms with Gasteiger partial charge >= 0.3 is 6.03 Å². The van der Waals surface area contributed by atoms with Gasteiger partial charge in [-0.3, -0.25) is 9.59 Å². The molecule has 1 unspecified atom stereocenters. The number of carbonyl (C=O) groups is 3. The molecule has 1 aromatic rings. The van der Waals surface area contributed by atoms with Crippen molar-refractivity contribution in [3.63, 3.8) is 0 Å². The standard InChI is InChI=1S/C25H39N5O3/c1-5-7-8-12-15-28-17-21-29(23(24(28)32)19(3)6-2)22(31)18-27(4)30(21)25(33)26-16-20-13-10-9-11-14-20/h9-11,13-14,19,21,23H,5-8,12,15-18H2,1-4H3,(H,26,33)/t19?,21-,23-/m0/s1. The molecule has 0 saturated carbocycles. The zero-order valence-corrected chi connectivity index (χ0v) is 20.5. The summed E-state index contributed by atoms with van der Waals surface area (Å²) in [6.07, 6.45) is 4.56. The first kappa shape index (κ1) is 25.0. The number of hydrogen-bond donors (Lipinski definition) is 1. The second kappa shape index (κ2) is 11.5. The van der Waals surface area contributed by atoms with Crippen molar-refractivity contribution in [1.29, 1.82) is 0 Å². The van der Waals surface area contributed by atoms with E-state index in [0.717, 1.165) is 37.7 Å². The Balaban J connectivity index is 1.83. The number of rotatable bonds is 9. The molecule has 0 aliphatic carbocycles. The number of fused-ring (bicyclic) bond motifs is 1. The number of likely N-dealkylation sites (N-methyl/N-ethyl adjacent to an activating group) is 1. The summed E-state index contributed by atoms with van der Waals surface area (Å²) in [5, 5.41) is 6.31. The molecule has 3 atom stereocenters. The molecule has 1 aromatic carbocycles. The minimum Gasteiger partial charge on any atom is -0.337 e. The van der Waals surface area contributed by atoms with E-state index in [4.69, 9.17) is 0 Å². The number of nitrogens with zero attached hydrogens (tertiary/aromatic N) is 4. The fourth-order valence-corrected chi connectivity index (χ4v) is 4.78. The zero-order valence-electron chi connectivity index (χ0n) is 20.5. The number of unbranched alkanes of at least 4 members (excludes halogenated alkanes) is 3. The van der Waals surface area contributed by atoms with Crippen LogP contribution in [0.25, 0.3) is 0 Å². The Kier molecular flexibility index (Phi) is 8.72. The Hall–Kier alpha value is -2.61. The van der Waals surface area contributed by atoms with E-state index in [9.17, 15) is 14.4 Å². The molecule has 33 heavy (non-hydrogen) atoms. The second-order valence-corrected chi connectivity index (χ2v) is 9.26. The van der Waals surface area contributed by atoms with Crippen LogP contribution in [0.2, 0.25) is 0 Å². The molecule has 3 rings (SSSR count). The monoisotopic (exact) mass is 457 g/mol. The van der Waals surface area contributed by atoms with Gasteiger partial charge in [-0.15, -0.1) is 0 Å². The summed E-state index contributed by atoms with van der Waals surface area (Å²) in [4.78, 5) is 43.4. The Bertz CT molecular complexity index is 818. The summed E-state index contributed by atoms with van der Waals surface area (Å²) >= 11 is 0. The van der Waals surface area contributed by atoms with Crippen LogP contribution in [0.5, 0.6) is 0 Å². The van der Waals surface area contributed by atoms with Crippen molar-refractivity contribution in [2.45, 2.75) is 71.6 Å². The minimum atomic E-state index is -0.537. The lowest BCUT2D eigenvalue weighted by Crippen LogP contribution is -2.76. The largest absolute Gasteiger partial charge is 0.337 e. The molecule has 1 N–H and O–H groups in total. The summed E-state index contributed by atoms with van der Waals surface area (Å²) in [7, 11) is 1.76. The summed E-state index contributed by atoms with van der Waals surface area (Å²) in [5.41, 5.74) is 1.01. The van der Waals surface area contributed by atoms with Crippen LogP contribution >= 0.6 is 0 Å². The fraction of sp³-hybridized carbons (Fsp3) is 0.640. The quantitative estimate of drug-likeness (QED) is 0.579. The Morgan fingerprint density at radius 2 is 1.85 bits per heavy atom. The van der Waals surface area contributed by atoms with Gasteiger partial charge in [-0.05, 0) is 17.9 Å². The molecule has 2 aliphatic heterocycles. The van der Waals surface area contributed by atoms with Gasteiger partial charge in [0.05, 0.1) is 13.1 Å². The number of nitrogens with one attached hydrogen (secondary N) is 1. The van der Waals surface area contributed by atoms with Crippen molar-refractivity contribution in [2.24, 2.45) is 5.92 Å². The van der Waals surface area contributed by atoms with E-state index in [1.807, 2.05) is 49.1 Å². The van der Waals surface area contributed by atoms with Crippen molar-refractivity contribution < 1.29 is 14.4 Å². The maximum absolute atomic E-state index is 13.5. The highest BCUT2D eigenvalue weighted by molar-refractivity contribution is 5.91. The van der Waals surface area contributed by atoms with Gasteiger partial charge in [-0.25, -0.2) is 14.8 Å². The number of hydrogen-bond acceptors (Lipinski definition) is 4. The molecule has 2 saturated heterocycles. The summed E-state index contributed by atoms with van der Waals surface area (Å²) < 4.78 is 0. The highest BCUT2D eigenvalue weighted by Crippen LogP contribution is 2.30. The third-order valence-corrected chi connectivity index (χ3v) is 6.83. The fourth-order valence-electron chi connectivity index (χ4n) is 4.78. The number of urea groups is 1. The van der Waals surface area contributed by atoms with Crippen LogP contribution in [0.3, 0.4) is 0 Å². The van der Waals surface area contributed by atoms with Crippen LogP contribution < -0.4 is 5.32 Å². The molecule has 8 nitrogen and oxygen atoms in total. The number of hydrazine groups is 1. The van der Waals surface area contributed by atoms with Crippen molar-refractivity contribution in [3.8, 4) is 0 Å². The molecule has 0 bridgehead atoms. The zero-order chi connectivity index (χ0) is 24.0. The maximum atomic E-state index is 13.5. The number of benzene rings is 1. The Morgan fingerprint density at radius 1 is 1.12 bits per heavy atom. The average Bonchev–Trinajstić information content (AvgIpc) is 2.81.